The molecule has 3 rings (SSSR count). The summed E-state index contributed by atoms with van der Waals surface area (Å²) in [6, 6.07) is 9.90. The Balaban J connectivity index is 1.67. The Bertz CT molecular complexity index is 450. The topological polar surface area (TPSA) is 49.5 Å². The normalized spacial score (nSPS) is 29.6. The summed E-state index contributed by atoms with van der Waals surface area (Å²) >= 11 is 0. The minimum atomic E-state index is -0.914. The highest BCUT2D eigenvalue weighted by molar-refractivity contribution is 5.23. The molecule has 3 N–H and O–H groups in total. The van der Waals surface area contributed by atoms with Crippen LogP contribution in [0.15, 0.2) is 30.3 Å². The molecular formula is C18H28N2O. The van der Waals surface area contributed by atoms with Crippen LogP contribution in [0.3, 0.4) is 0 Å². The third-order valence-corrected chi connectivity index (χ3v) is 5.51. The molecule has 1 aliphatic heterocycles. The van der Waals surface area contributed by atoms with Gasteiger partial charge in [0.15, 0.2) is 0 Å². The molecule has 0 radical (unpaired) electrons. The molecule has 1 saturated heterocycles. The lowest BCUT2D eigenvalue weighted by Crippen LogP contribution is -2.50. The molecule has 3 heteroatoms. The van der Waals surface area contributed by atoms with Gasteiger partial charge in [0.05, 0.1) is 0 Å². The van der Waals surface area contributed by atoms with Crippen molar-refractivity contribution in [2.45, 2.75) is 37.7 Å². The monoisotopic (exact) mass is 288 g/mol. The van der Waals surface area contributed by atoms with Gasteiger partial charge >= 0.3 is 0 Å². The van der Waals surface area contributed by atoms with Crippen molar-refractivity contribution in [2.75, 3.05) is 26.2 Å². The first-order chi connectivity index (χ1) is 10.2. The highest BCUT2D eigenvalue weighted by Gasteiger charge is 2.35. The second kappa shape index (κ2) is 6.47. The Morgan fingerprint density at radius 3 is 2.52 bits per heavy atom. The molecule has 2 fully saturated rings. The van der Waals surface area contributed by atoms with E-state index in [-0.39, 0.29) is 6.54 Å². The van der Waals surface area contributed by atoms with E-state index < -0.39 is 5.60 Å². The fourth-order valence-corrected chi connectivity index (χ4v) is 4.21. The number of β-amino-alcohol motifs (C(OH)–C–C–N with tert-alkyl or cyclic N) is 1. The number of piperidine rings is 1. The zero-order valence-electron chi connectivity index (χ0n) is 12.9. The number of nitrogens with zero attached hydrogens (tertiary/aromatic N) is 1. The Morgan fingerprint density at radius 1 is 1.10 bits per heavy atom. The van der Waals surface area contributed by atoms with Crippen LogP contribution in [0.1, 0.15) is 37.7 Å². The summed E-state index contributed by atoms with van der Waals surface area (Å²) < 4.78 is 0. The number of benzene rings is 1. The highest BCUT2D eigenvalue weighted by atomic mass is 16.3. The largest absolute Gasteiger partial charge is 0.382 e. The fraction of sp³-hybridized carbons (Fsp3) is 0.667. The Morgan fingerprint density at radius 2 is 1.81 bits per heavy atom. The van der Waals surface area contributed by atoms with E-state index >= 15 is 0 Å². The molecule has 0 amide bonds. The van der Waals surface area contributed by atoms with Gasteiger partial charge in [-0.25, -0.2) is 0 Å². The molecule has 0 spiro atoms. The van der Waals surface area contributed by atoms with Gasteiger partial charge in [-0.15, -0.1) is 0 Å². The Labute approximate surface area is 128 Å². The summed E-state index contributed by atoms with van der Waals surface area (Å²) in [5.74, 6) is 1.77. The number of hydrogen-bond acceptors (Lipinski definition) is 3. The summed E-state index contributed by atoms with van der Waals surface area (Å²) in [5.41, 5.74) is 5.94. The third-order valence-electron chi connectivity index (χ3n) is 5.51. The first-order valence-corrected chi connectivity index (χ1v) is 8.41. The number of fused-ring (bicyclic) bond motifs is 1. The molecule has 21 heavy (non-hydrogen) atoms. The lowest BCUT2D eigenvalue weighted by molar-refractivity contribution is -0.0181. The van der Waals surface area contributed by atoms with Crippen molar-refractivity contribution >= 4 is 0 Å². The van der Waals surface area contributed by atoms with Gasteiger partial charge in [-0.3, -0.25) is 4.90 Å². The van der Waals surface area contributed by atoms with Gasteiger partial charge in [-0.2, -0.15) is 0 Å². The van der Waals surface area contributed by atoms with Crippen molar-refractivity contribution in [3.05, 3.63) is 35.9 Å². The molecule has 3 unspecified atom stereocenters. The van der Waals surface area contributed by atoms with Crippen LogP contribution in [0.4, 0.5) is 0 Å². The molecular weight excluding hydrogens is 260 g/mol. The molecule has 1 aliphatic carbocycles. The quantitative estimate of drug-likeness (QED) is 0.894. The van der Waals surface area contributed by atoms with Crippen molar-refractivity contribution in [3.63, 3.8) is 0 Å². The van der Waals surface area contributed by atoms with Crippen LogP contribution in [0, 0.1) is 11.8 Å². The van der Waals surface area contributed by atoms with Crippen molar-refractivity contribution in [1.29, 1.82) is 0 Å². The zero-order chi connectivity index (χ0) is 14.7. The van der Waals surface area contributed by atoms with Gasteiger partial charge in [0.1, 0.15) is 5.60 Å². The van der Waals surface area contributed by atoms with Crippen molar-refractivity contribution in [3.8, 4) is 0 Å². The van der Waals surface area contributed by atoms with Crippen LogP contribution in [0.25, 0.3) is 0 Å². The third kappa shape index (κ3) is 3.31. The van der Waals surface area contributed by atoms with Gasteiger partial charge < -0.3 is 10.8 Å². The smallest absolute Gasteiger partial charge is 0.114 e. The maximum Gasteiger partial charge on any atom is 0.114 e. The van der Waals surface area contributed by atoms with Gasteiger partial charge in [0, 0.05) is 19.6 Å². The van der Waals surface area contributed by atoms with E-state index in [0.717, 1.165) is 30.5 Å². The summed E-state index contributed by atoms with van der Waals surface area (Å²) in [6.07, 6.45) is 6.87. The van der Waals surface area contributed by atoms with Crippen LogP contribution >= 0.6 is 0 Å². The van der Waals surface area contributed by atoms with Gasteiger partial charge in [0.2, 0.25) is 0 Å². The molecule has 2 aliphatic rings. The fourth-order valence-electron chi connectivity index (χ4n) is 4.21. The van der Waals surface area contributed by atoms with E-state index in [0.29, 0.717) is 6.54 Å². The van der Waals surface area contributed by atoms with Crippen LogP contribution in [-0.2, 0) is 5.60 Å². The van der Waals surface area contributed by atoms with E-state index in [4.69, 9.17) is 5.73 Å². The standard InChI is InChI=1S/C18H28N2O/c19-13-18(21,17-8-2-1-3-9-17)14-20-11-10-15-6-4-5-7-16(15)12-20/h1-3,8-9,15-16,21H,4-7,10-14,19H2. The summed E-state index contributed by atoms with van der Waals surface area (Å²) in [4.78, 5) is 2.44. The zero-order valence-corrected chi connectivity index (χ0v) is 12.9. The van der Waals surface area contributed by atoms with Crippen molar-refractivity contribution < 1.29 is 5.11 Å². The number of rotatable bonds is 4. The van der Waals surface area contributed by atoms with Gasteiger partial charge in [-0.1, -0.05) is 49.6 Å². The second-order valence-corrected chi connectivity index (χ2v) is 6.93. The number of likely N-dealkylation sites (tertiary alicyclic amines) is 1. The SMILES string of the molecule is NCC(O)(CN1CCC2CCCCC2C1)c1ccccc1. The summed E-state index contributed by atoms with van der Waals surface area (Å²) in [5, 5.41) is 11.0. The predicted octanol–water partition coefficient (Wildman–Crippen LogP) is 2.34. The molecule has 3 atom stereocenters. The Hall–Kier alpha value is -0.900. The van der Waals surface area contributed by atoms with Crippen molar-refractivity contribution in [1.82, 2.24) is 4.90 Å². The minimum Gasteiger partial charge on any atom is -0.382 e. The maximum absolute atomic E-state index is 11.0. The summed E-state index contributed by atoms with van der Waals surface area (Å²) in [7, 11) is 0. The van der Waals surface area contributed by atoms with Crippen LogP contribution in [0.2, 0.25) is 0 Å². The van der Waals surface area contributed by atoms with E-state index in [2.05, 4.69) is 4.90 Å². The van der Waals surface area contributed by atoms with E-state index in [1.807, 2.05) is 30.3 Å². The molecule has 1 saturated carbocycles. The number of aliphatic hydroxyl groups is 1. The average molecular weight is 288 g/mol. The molecule has 3 nitrogen and oxygen atoms in total. The maximum atomic E-state index is 11.0. The van der Waals surface area contributed by atoms with E-state index in [9.17, 15) is 5.11 Å². The molecule has 116 valence electrons. The molecule has 0 bridgehead atoms. The van der Waals surface area contributed by atoms with Crippen LogP contribution in [0.5, 0.6) is 0 Å². The second-order valence-electron chi connectivity index (χ2n) is 6.93. The molecule has 1 aromatic carbocycles. The highest BCUT2D eigenvalue weighted by Crippen LogP contribution is 2.36. The van der Waals surface area contributed by atoms with Gasteiger partial charge in [-0.05, 0) is 36.8 Å². The predicted molar refractivity (Wildman–Crippen MR) is 85.9 cm³/mol. The van der Waals surface area contributed by atoms with Crippen LogP contribution in [-0.4, -0.2) is 36.2 Å². The molecule has 1 aromatic rings. The number of hydrogen-bond donors (Lipinski definition) is 2. The number of nitrogens with two attached hydrogens (primary N) is 1. The van der Waals surface area contributed by atoms with Crippen molar-refractivity contribution in [2.24, 2.45) is 17.6 Å². The van der Waals surface area contributed by atoms with Gasteiger partial charge in [0.25, 0.3) is 0 Å². The molecule has 1 heterocycles. The first-order valence-electron chi connectivity index (χ1n) is 8.41. The lowest BCUT2D eigenvalue weighted by Gasteiger charge is -2.44. The first kappa shape index (κ1) is 15.0. The van der Waals surface area contributed by atoms with E-state index in [1.54, 1.807) is 0 Å². The Kier molecular flexibility index (Phi) is 4.63. The lowest BCUT2D eigenvalue weighted by atomic mass is 9.75. The molecule has 0 aromatic heterocycles. The minimum absolute atomic E-state index is 0.279. The van der Waals surface area contributed by atoms with E-state index in [1.165, 1.54) is 32.1 Å². The summed E-state index contributed by atoms with van der Waals surface area (Å²) in [6.45, 7) is 3.19. The van der Waals surface area contributed by atoms with Crippen LogP contribution < -0.4 is 5.73 Å². The average Bonchev–Trinajstić information content (AvgIpc) is 2.55.